The average molecular weight is 439 g/mol. The smallest absolute Gasteiger partial charge is 0.260 e. The van der Waals surface area contributed by atoms with E-state index in [9.17, 15) is 9.90 Å². The quantitative estimate of drug-likeness (QED) is 0.750. The molecule has 0 saturated carbocycles. The highest BCUT2D eigenvalue weighted by Gasteiger charge is 2.28. The van der Waals surface area contributed by atoms with Gasteiger partial charge in [0.2, 0.25) is 0 Å². The molecular weight excluding hydrogens is 418 g/mol. The number of piperidine rings is 1. The Morgan fingerprint density at radius 1 is 1.23 bits per heavy atom. The summed E-state index contributed by atoms with van der Waals surface area (Å²) in [6, 6.07) is 14.7. The lowest BCUT2D eigenvalue weighted by Gasteiger charge is -2.34. The molecule has 1 N–H and O–H groups in total. The first-order valence-corrected chi connectivity index (χ1v) is 9.79. The Bertz CT molecular complexity index is 745. The average Bonchev–Trinajstić information content (AvgIpc) is 2.66. The molecule has 3 rings (SSSR count). The number of carbonyl (C=O) groups excluding carboxylic acids is 1. The van der Waals surface area contributed by atoms with Crippen LogP contribution >= 0.6 is 27.5 Å². The van der Waals surface area contributed by atoms with Gasteiger partial charge in [0, 0.05) is 22.6 Å². The molecule has 2 aromatic carbocycles. The molecule has 1 saturated heterocycles. The van der Waals surface area contributed by atoms with E-state index in [1.807, 2.05) is 41.3 Å². The van der Waals surface area contributed by atoms with E-state index in [0.717, 1.165) is 22.9 Å². The van der Waals surface area contributed by atoms with Crippen LogP contribution in [-0.4, -0.2) is 35.6 Å². The summed E-state index contributed by atoms with van der Waals surface area (Å²) in [6.07, 6.45) is 1.01. The standard InChI is InChI=1S/C20H21BrClNO3/c21-16-2-1-3-18(12-16)26-13-19(24)23-10-8-15(9-11-23)20(25)14-4-6-17(22)7-5-14/h1-7,12,15,20,25H,8-11,13H2. The van der Waals surface area contributed by atoms with Gasteiger partial charge in [-0.2, -0.15) is 0 Å². The number of ether oxygens (including phenoxy) is 1. The Morgan fingerprint density at radius 2 is 1.92 bits per heavy atom. The molecule has 0 radical (unpaired) electrons. The van der Waals surface area contributed by atoms with Gasteiger partial charge in [0.25, 0.3) is 5.91 Å². The SMILES string of the molecule is O=C(COc1cccc(Br)c1)N1CCC(C(O)c2ccc(Cl)cc2)CC1. The number of aliphatic hydroxyl groups excluding tert-OH is 1. The minimum atomic E-state index is -0.526. The Kier molecular flexibility index (Phi) is 6.57. The summed E-state index contributed by atoms with van der Waals surface area (Å²) < 4.78 is 6.49. The first-order valence-electron chi connectivity index (χ1n) is 8.62. The summed E-state index contributed by atoms with van der Waals surface area (Å²) in [6.45, 7) is 1.30. The molecule has 2 aromatic rings. The van der Waals surface area contributed by atoms with E-state index in [2.05, 4.69) is 15.9 Å². The highest BCUT2D eigenvalue weighted by molar-refractivity contribution is 9.10. The molecule has 0 aromatic heterocycles. The lowest BCUT2D eigenvalue weighted by molar-refractivity contribution is -0.135. The van der Waals surface area contributed by atoms with Crippen LogP contribution in [0.2, 0.25) is 5.02 Å². The van der Waals surface area contributed by atoms with Crippen LogP contribution < -0.4 is 4.74 Å². The number of amides is 1. The Labute approximate surface area is 166 Å². The van der Waals surface area contributed by atoms with Gasteiger partial charge in [-0.25, -0.2) is 0 Å². The van der Waals surface area contributed by atoms with E-state index >= 15 is 0 Å². The molecule has 1 aliphatic heterocycles. The molecule has 1 atom stereocenters. The van der Waals surface area contributed by atoms with E-state index in [0.29, 0.717) is 23.9 Å². The molecule has 6 heteroatoms. The van der Waals surface area contributed by atoms with Gasteiger partial charge in [0.1, 0.15) is 5.75 Å². The van der Waals surface area contributed by atoms with Crippen molar-refractivity contribution in [2.45, 2.75) is 18.9 Å². The van der Waals surface area contributed by atoms with Crippen molar-refractivity contribution in [1.82, 2.24) is 4.90 Å². The summed E-state index contributed by atoms with van der Waals surface area (Å²) in [5.74, 6) is 0.788. The van der Waals surface area contributed by atoms with Gasteiger partial charge in [-0.05, 0) is 54.7 Å². The summed E-state index contributed by atoms with van der Waals surface area (Å²) in [4.78, 5) is 14.2. The normalized spacial score (nSPS) is 16.3. The van der Waals surface area contributed by atoms with Gasteiger partial charge in [-0.1, -0.05) is 45.7 Å². The molecule has 0 spiro atoms. The van der Waals surface area contributed by atoms with E-state index in [1.165, 1.54) is 0 Å². The third-order valence-corrected chi connectivity index (χ3v) is 5.45. The Morgan fingerprint density at radius 3 is 2.58 bits per heavy atom. The number of likely N-dealkylation sites (tertiary alicyclic amines) is 1. The first kappa shape index (κ1) is 19.2. The molecule has 1 unspecified atom stereocenters. The minimum absolute atomic E-state index is 0.0237. The Hall–Kier alpha value is -1.56. The molecular formula is C20H21BrClNO3. The van der Waals surface area contributed by atoms with E-state index in [1.54, 1.807) is 12.1 Å². The number of benzene rings is 2. The van der Waals surface area contributed by atoms with Crippen molar-refractivity contribution < 1.29 is 14.6 Å². The zero-order chi connectivity index (χ0) is 18.5. The van der Waals surface area contributed by atoms with Crippen molar-refractivity contribution in [2.24, 2.45) is 5.92 Å². The maximum Gasteiger partial charge on any atom is 0.260 e. The number of hydrogen-bond acceptors (Lipinski definition) is 3. The highest BCUT2D eigenvalue weighted by atomic mass is 79.9. The van der Waals surface area contributed by atoms with Crippen molar-refractivity contribution in [3.05, 3.63) is 63.6 Å². The number of halogens is 2. The van der Waals surface area contributed by atoms with Gasteiger partial charge in [-0.15, -0.1) is 0 Å². The van der Waals surface area contributed by atoms with Gasteiger partial charge in [-0.3, -0.25) is 4.79 Å². The van der Waals surface area contributed by atoms with Gasteiger partial charge in [0.05, 0.1) is 6.10 Å². The lowest BCUT2D eigenvalue weighted by atomic mass is 9.87. The zero-order valence-corrected chi connectivity index (χ0v) is 16.6. The molecule has 1 heterocycles. The second kappa shape index (κ2) is 8.89. The summed E-state index contributed by atoms with van der Waals surface area (Å²) in [5, 5.41) is 11.2. The number of carbonyl (C=O) groups is 1. The number of nitrogens with zero attached hydrogens (tertiary/aromatic N) is 1. The summed E-state index contributed by atoms with van der Waals surface area (Å²) >= 11 is 9.28. The number of hydrogen-bond donors (Lipinski definition) is 1. The molecule has 0 aliphatic carbocycles. The van der Waals surface area contributed by atoms with Crippen LogP contribution in [0, 0.1) is 5.92 Å². The van der Waals surface area contributed by atoms with Crippen LogP contribution in [0.5, 0.6) is 5.75 Å². The summed E-state index contributed by atoms with van der Waals surface area (Å²) in [7, 11) is 0. The van der Waals surface area contributed by atoms with Crippen molar-refractivity contribution in [3.63, 3.8) is 0 Å². The van der Waals surface area contributed by atoms with Crippen LogP contribution in [0.15, 0.2) is 53.0 Å². The molecule has 138 valence electrons. The van der Waals surface area contributed by atoms with Crippen LogP contribution in [0.25, 0.3) is 0 Å². The van der Waals surface area contributed by atoms with E-state index in [4.69, 9.17) is 16.3 Å². The Balaban J connectivity index is 1.48. The molecule has 1 fully saturated rings. The van der Waals surface area contributed by atoms with Gasteiger partial charge >= 0.3 is 0 Å². The topological polar surface area (TPSA) is 49.8 Å². The van der Waals surface area contributed by atoms with Crippen LogP contribution in [0.3, 0.4) is 0 Å². The van der Waals surface area contributed by atoms with Crippen LogP contribution in [0.4, 0.5) is 0 Å². The van der Waals surface area contributed by atoms with Crippen molar-refractivity contribution in [2.75, 3.05) is 19.7 Å². The maximum atomic E-state index is 12.4. The fraction of sp³-hybridized carbons (Fsp3) is 0.350. The van der Waals surface area contributed by atoms with Crippen molar-refractivity contribution in [3.8, 4) is 5.75 Å². The molecule has 4 nitrogen and oxygen atoms in total. The van der Waals surface area contributed by atoms with Crippen molar-refractivity contribution in [1.29, 1.82) is 0 Å². The number of aliphatic hydroxyl groups is 1. The van der Waals surface area contributed by atoms with Crippen LogP contribution in [-0.2, 0) is 4.79 Å². The third kappa shape index (κ3) is 5.00. The minimum Gasteiger partial charge on any atom is -0.484 e. The molecule has 26 heavy (non-hydrogen) atoms. The largest absolute Gasteiger partial charge is 0.484 e. The predicted octanol–water partition coefficient (Wildman–Crippen LogP) is 4.45. The maximum absolute atomic E-state index is 12.4. The van der Waals surface area contributed by atoms with Crippen molar-refractivity contribution >= 4 is 33.4 Å². The summed E-state index contributed by atoms with van der Waals surface area (Å²) in [5.41, 5.74) is 0.872. The van der Waals surface area contributed by atoms with E-state index in [-0.39, 0.29) is 18.4 Å². The van der Waals surface area contributed by atoms with Gasteiger partial charge < -0.3 is 14.7 Å². The first-order chi connectivity index (χ1) is 12.5. The predicted molar refractivity (Wildman–Crippen MR) is 105 cm³/mol. The molecule has 1 aliphatic rings. The second-order valence-corrected chi connectivity index (χ2v) is 7.81. The molecule has 0 bridgehead atoms. The fourth-order valence-electron chi connectivity index (χ4n) is 3.19. The number of rotatable bonds is 5. The zero-order valence-electron chi connectivity index (χ0n) is 14.3. The highest BCUT2D eigenvalue weighted by Crippen LogP contribution is 2.31. The molecule has 1 amide bonds. The third-order valence-electron chi connectivity index (χ3n) is 4.71. The second-order valence-electron chi connectivity index (χ2n) is 6.46. The lowest BCUT2D eigenvalue weighted by Crippen LogP contribution is -2.42. The fourth-order valence-corrected chi connectivity index (χ4v) is 3.69. The van der Waals surface area contributed by atoms with Gasteiger partial charge in [0.15, 0.2) is 6.61 Å². The monoisotopic (exact) mass is 437 g/mol. The van der Waals surface area contributed by atoms with E-state index < -0.39 is 6.10 Å². The van der Waals surface area contributed by atoms with Crippen LogP contribution in [0.1, 0.15) is 24.5 Å².